The fraction of sp³-hybridized carbons (Fsp3) is 0. The highest BCUT2D eigenvalue weighted by Gasteiger charge is 2.13. The van der Waals surface area contributed by atoms with Gasteiger partial charge in [-0.3, -0.25) is 0 Å². The minimum absolute atomic E-state index is 0.630. The van der Waals surface area contributed by atoms with Gasteiger partial charge in [0.2, 0.25) is 0 Å². The molecular weight excluding hydrogens is 332 g/mol. The maximum absolute atomic E-state index is 9.30. The Morgan fingerprint density at radius 3 is 2.59 bits per heavy atom. The predicted molar refractivity (Wildman–Crippen MR) is 107 cm³/mol. The third kappa shape index (κ3) is 2.54. The summed E-state index contributed by atoms with van der Waals surface area (Å²) in [5.74, 6) is 0. The van der Waals surface area contributed by atoms with Crippen LogP contribution in [0.25, 0.3) is 44.3 Å². The van der Waals surface area contributed by atoms with Gasteiger partial charge in [0, 0.05) is 28.7 Å². The molecule has 0 aliphatic heterocycles. The van der Waals surface area contributed by atoms with Crippen LogP contribution < -0.4 is 0 Å². The van der Waals surface area contributed by atoms with Crippen molar-refractivity contribution in [3.63, 3.8) is 0 Å². The smallest absolute Gasteiger partial charge is 0.137 e. The number of benzene rings is 2. The van der Waals surface area contributed by atoms with Crippen molar-refractivity contribution in [3.05, 3.63) is 84.7 Å². The lowest BCUT2D eigenvalue weighted by Crippen LogP contribution is -1.90. The lowest BCUT2D eigenvalue weighted by Gasteiger charge is -2.10. The fourth-order valence-electron chi connectivity index (χ4n) is 3.46. The topological polar surface area (TPSA) is 65.4 Å². The minimum atomic E-state index is 0.630. The maximum atomic E-state index is 9.30. The first-order valence-corrected chi connectivity index (χ1v) is 8.66. The van der Waals surface area contributed by atoms with E-state index in [4.69, 9.17) is 4.98 Å². The van der Waals surface area contributed by atoms with Gasteiger partial charge >= 0.3 is 0 Å². The van der Waals surface area contributed by atoms with E-state index in [0.29, 0.717) is 5.56 Å². The normalized spacial score (nSPS) is 10.9. The van der Waals surface area contributed by atoms with Gasteiger partial charge in [-0.25, -0.2) is 9.97 Å². The molecule has 0 radical (unpaired) electrons. The van der Waals surface area contributed by atoms with Crippen molar-refractivity contribution in [1.82, 2.24) is 15.0 Å². The summed E-state index contributed by atoms with van der Waals surface area (Å²) in [4.78, 5) is 12.5. The summed E-state index contributed by atoms with van der Waals surface area (Å²) in [6, 6.07) is 24.1. The number of hydrogen-bond acceptors (Lipinski definition) is 3. The van der Waals surface area contributed by atoms with Crippen LogP contribution in [0.4, 0.5) is 0 Å². The van der Waals surface area contributed by atoms with E-state index in [1.807, 2.05) is 54.7 Å². The van der Waals surface area contributed by atoms with E-state index in [1.54, 1.807) is 6.20 Å². The zero-order valence-electron chi connectivity index (χ0n) is 14.3. The number of H-pyrrole nitrogens is 1. The molecule has 3 aromatic heterocycles. The van der Waals surface area contributed by atoms with Crippen molar-refractivity contribution in [3.8, 4) is 28.5 Å². The van der Waals surface area contributed by atoms with Crippen LogP contribution in [0.15, 0.2) is 79.1 Å². The molecule has 3 heterocycles. The molecular formula is C23H14N4. The van der Waals surface area contributed by atoms with Crippen LogP contribution in [0.1, 0.15) is 5.56 Å². The summed E-state index contributed by atoms with van der Waals surface area (Å²) in [7, 11) is 0. The number of fused-ring (bicyclic) bond motifs is 2. The molecule has 0 atom stereocenters. The van der Waals surface area contributed by atoms with E-state index >= 15 is 0 Å². The largest absolute Gasteiger partial charge is 0.345 e. The van der Waals surface area contributed by atoms with Crippen LogP contribution in [0, 0.1) is 11.3 Å². The lowest BCUT2D eigenvalue weighted by atomic mass is 9.97. The highest BCUT2D eigenvalue weighted by molar-refractivity contribution is 6.00. The Balaban J connectivity index is 1.84. The molecule has 0 aliphatic rings. The average Bonchev–Trinajstić information content (AvgIpc) is 3.17. The van der Waals surface area contributed by atoms with E-state index < -0.39 is 0 Å². The van der Waals surface area contributed by atoms with Gasteiger partial charge in [0.1, 0.15) is 5.65 Å². The van der Waals surface area contributed by atoms with E-state index in [1.165, 1.54) is 0 Å². The zero-order chi connectivity index (χ0) is 18.2. The van der Waals surface area contributed by atoms with Crippen molar-refractivity contribution in [1.29, 1.82) is 5.26 Å². The molecule has 0 spiro atoms. The van der Waals surface area contributed by atoms with E-state index in [9.17, 15) is 5.26 Å². The summed E-state index contributed by atoms with van der Waals surface area (Å²) in [5.41, 5.74) is 6.39. The average molecular weight is 346 g/mol. The SMILES string of the molecule is N#Cc1ccc2nc(-c3c[nH]c4ncccc34)cc(-c3ccccc3)c2c1. The Morgan fingerprint density at radius 2 is 1.74 bits per heavy atom. The Morgan fingerprint density at radius 1 is 0.852 bits per heavy atom. The number of aromatic amines is 1. The summed E-state index contributed by atoms with van der Waals surface area (Å²) < 4.78 is 0. The molecule has 4 nitrogen and oxygen atoms in total. The molecule has 2 aromatic carbocycles. The third-order valence-corrected chi connectivity index (χ3v) is 4.75. The molecule has 0 aliphatic carbocycles. The first-order valence-electron chi connectivity index (χ1n) is 8.66. The van der Waals surface area contributed by atoms with Crippen LogP contribution in [0.2, 0.25) is 0 Å². The first kappa shape index (κ1) is 15.3. The summed E-state index contributed by atoms with van der Waals surface area (Å²) in [5, 5.41) is 11.3. The van der Waals surface area contributed by atoms with Crippen molar-refractivity contribution in [2.24, 2.45) is 0 Å². The van der Waals surface area contributed by atoms with Crippen molar-refractivity contribution < 1.29 is 0 Å². The molecule has 0 saturated heterocycles. The van der Waals surface area contributed by atoms with Crippen LogP contribution in [0.5, 0.6) is 0 Å². The van der Waals surface area contributed by atoms with Crippen LogP contribution in [-0.2, 0) is 0 Å². The molecule has 27 heavy (non-hydrogen) atoms. The van der Waals surface area contributed by atoms with Gasteiger partial charge in [-0.05, 0) is 47.5 Å². The maximum Gasteiger partial charge on any atom is 0.137 e. The molecule has 1 N–H and O–H groups in total. The van der Waals surface area contributed by atoms with Crippen molar-refractivity contribution >= 4 is 21.9 Å². The second-order valence-electron chi connectivity index (χ2n) is 6.37. The number of nitrogens with one attached hydrogen (secondary N) is 1. The predicted octanol–water partition coefficient (Wildman–Crippen LogP) is 5.32. The Bertz CT molecular complexity index is 1330. The van der Waals surface area contributed by atoms with Crippen LogP contribution in [-0.4, -0.2) is 15.0 Å². The van der Waals surface area contributed by atoms with E-state index in [0.717, 1.165) is 44.3 Å². The minimum Gasteiger partial charge on any atom is -0.345 e. The monoisotopic (exact) mass is 346 g/mol. The summed E-state index contributed by atoms with van der Waals surface area (Å²) in [6.07, 6.45) is 3.72. The third-order valence-electron chi connectivity index (χ3n) is 4.75. The van der Waals surface area contributed by atoms with Gasteiger partial charge in [-0.15, -0.1) is 0 Å². The van der Waals surface area contributed by atoms with Gasteiger partial charge in [0.15, 0.2) is 0 Å². The molecule has 5 rings (SSSR count). The van der Waals surface area contributed by atoms with Crippen LogP contribution in [0.3, 0.4) is 0 Å². The Labute approximate surface area is 155 Å². The quantitative estimate of drug-likeness (QED) is 0.470. The number of hydrogen-bond donors (Lipinski definition) is 1. The molecule has 0 unspecified atom stereocenters. The number of pyridine rings is 2. The zero-order valence-corrected chi connectivity index (χ0v) is 14.3. The molecule has 0 amide bonds. The number of rotatable bonds is 2. The fourth-order valence-corrected chi connectivity index (χ4v) is 3.46. The Kier molecular flexibility index (Phi) is 3.44. The highest BCUT2D eigenvalue weighted by Crippen LogP contribution is 2.34. The van der Waals surface area contributed by atoms with Gasteiger partial charge in [0.05, 0.1) is 22.8 Å². The highest BCUT2D eigenvalue weighted by atomic mass is 14.8. The van der Waals surface area contributed by atoms with Gasteiger partial charge < -0.3 is 4.98 Å². The van der Waals surface area contributed by atoms with Crippen molar-refractivity contribution in [2.75, 3.05) is 0 Å². The lowest BCUT2D eigenvalue weighted by molar-refractivity contribution is 1.32. The number of aromatic nitrogens is 3. The second-order valence-corrected chi connectivity index (χ2v) is 6.37. The van der Waals surface area contributed by atoms with Gasteiger partial charge in [-0.1, -0.05) is 30.3 Å². The van der Waals surface area contributed by atoms with E-state index in [-0.39, 0.29) is 0 Å². The van der Waals surface area contributed by atoms with E-state index in [2.05, 4.69) is 34.2 Å². The van der Waals surface area contributed by atoms with Gasteiger partial charge in [-0.2, -0.15) is 5.26 Å². The standard InChI is InChI=1S/C23H14N4/c24-13-15-8-9-21-19(11-15)18(16-5-2-1-3-6-16)12-22(27-21)20-14-26-23-17(20)7-4-10-25-23/h1-12,14H,(H,25,26). The second kappa shape index (κ2) is 6.08. The molecule has 4 heteroatoms. The Hall–Kier alpha value is -3.97. The molecule has 0 saturated carbocycles. The first-order chi connectivity index (χ1) is 13.3. The van der Waals surface area contributed by atoms with Gasteiger partial charge in [0.25, 0.3) is 0 Å². The number of nitrogens with zero attached hydrogens (tertiary/aromatic N) is 3. The van der Waals surface area contributed by atoms with Crippen molar-refractivity contribution in [2.45, 2.75) is 0 Å². The number of nitriles is 1. The van der Waals surface area contributed by atoms with Crippen LogP contribution >= 0.6 is 0 Å². The molecule has 0 fully saturated rings. The molecule has 126 valence electrons. The summed E-state index contributed by atoms with van der Waals surface area (Å²) in [6.45, 7) is 0. The molecule has 0 bridgehead atoms. The summed E-state index contributed by atoms with van der Waals surface area (Å²) >= 11 is 0. The molecule has 5 aromatic rings.